The Bertz CT molecular complexity index is 1740. The van der Waals surface area contributed by atoms with Crippen LogP contribution in [0.5, 0.6) is 0 Å². The van der Waals surface area contributed by atoms with Gasteiger partial charge in [-0.15, -0.1) is 0 Å². The third kappa shape index (κ3) is 6.73. The Balaban J connectivity index is 0.885. The van der Waals surface area contributed by atoms with E-state index in [4.69, 9.17) is 9.47 Å². The average molecular weight is 720 g/mol. The molecule has 4 atom stereocenters. The molecule has 0 radical (unpaired) electrons. The van der Waals surface area contributed by atoms with Crippen LogP contribution >= 0.6 is 0 Å². The third-order valence-corrected chi connectivity index (χ3v) is 13.5. The lowest BCUT2D eigenvalue weighted by molar-refractivity contribution is -0.276. The van der Waals surface area contributed by atoms with E-state index in [0.29, 0.717) is 6.67 Å². The summed E-state index contributed by atoms with van der Waals surface area (Å²) in [5, 5.41) is 19.3. The first-order valence-electron chi connectivity index (χ1n) is 19.8. The zero-order valence-electron chi connectivity index (χ0n) is 30.7. The van der Waals surface area contributed by atoms with Crippen molar-refractivity contribution in [2.75, 3.05) is 36.5 Å². The summed E-state index contributed by atoms with van der Waals surface area (Å²) >= 11 is 0. The molecule has 3 saturated heterocycles. The number of carbonyl (C=O) groups is 2. The van der Waals surface area contributed by atoms with Gasteiger partial charge in [0.1, 0.15) is 5.54 Å². The highest BCUT2D eigenvalue weighted by Gasteiger charge is 2.52. The van der Waals surface area contributed by atoms with Gasteiger partial charge >= 0.3 is 6.03 Å². The second kappa shape index (κ2) is 14.0. The van der Waals surface area contributed by atoms with Gasteiger partial charge in [0.25, 0.3) is 0 Å². The number of aliphatic hydroxyl groups excluding tert-OH is 1. The summed E-state index contributed by atoms with van der Waals surface area (Å²) in [5.74, 6) is 2.47. The van der Waals surface area contributed by atoms with Crippen molar-refractivity contribution in [2.45, 2.75) is 94.5 Å². The number of carbonyl (C=O) groups excluding carboxylic acids is 2. The van der Waals surface area contributed by atoms with Crippen molar-refractivity contribution in [3.63, 3.8) is 0 Å². The minimum Gasteiger partial charge on any atom is -0.392 e. The topological polar surface area (TPSA) is 115 Å². The molecule has 3 aromatic rings. The Morgan fingerprint density at radius 3 is 2.15 bits per heavy atom. The molecule has 7 aliphatic rings. The van der Waals surface area contributed by atoms with Gasteiger partial charge in [0.2, 0.25) is 5.91 Å². The molecular formula is C43H53N5O5. The number of nitrogens with zero attached hydrogens (tertiary/aromatic N) is 2. The number of hydrogen-bond donors (Lipinski definition) is 4. The number of hydrogen-bond acceptors (Lipinski definition) is 7. The number of ether oxygens (including phenoxy) is 2. The number of benzene rings is 3. The second-order valence-electron chi connectivity index (χ2n) is 17.0. The second-order valence-corrected chi connectivity index (χ2v) is 17.0. The smallest absolute Gasteiger partial charge is 0.319 e. The lowest BCUT2D eigenvalue weighted by atomic mass is 9.53. The van der Waals surface area contributed by atoms with E-state index in [2.05, 4.69) is 44.8 Å². The number of para-hydroxylation sites is 1. The molecular weight excluding hydrogens is 667 g/mol. The molecule has 53 heavy (non-hydrogen) atoms. The maximum atomic E-state index is 13.3. The monoisotopic (exact) mass is 719 g/mol. The van der Waals surface area contributed by atoms with Crippen LogP contribution in [0.1, 0.15) is 87.4 Å². The van der Waals surface area contributed by atoms with Crippen LogP contribution in [0.15, 0.2) is 78.9 Å². The number of likely N-dealkylation sites (tertiary alicyclic amines) is 1. The van der Waals surface area contributed by atoms with Crippen molar-refractivity contribution >= 4 is 23.3 Å². The van der Waals surface area contributed by atoms with Crippen molar-refractivity contribution in [1.29, 1.82) is 0 Å². The predicted molar refractivity (Wildman–Crippen MR) is 203 cm³/mol. The normalized spacial score (nSPS) is 33.2. The first kappa shape index (κ1) is 34.8. The highest BCUT2D eigenvalue weighted by atomic mass is 16.7. The molecule has 3 aromatic carbocycles. The molecule has 1 spiro atoms. The molecule has 0 aromatic heterocycles. The minimum atomic E-state index is -0.598. The van der Waals surface area contributed by atoms with E-state index in [1.165, 1.54) is 19.3 Å². The van der Waals surface area contributed by atoms with Gasteiger partial charge in [-0.1, -0.05) is 61.5 Å². The summed E-state index contributed by atoms with van der Waals surface area (Å²) in [7, 11) is 0. The number of piperidine rings is 1. The number of amides is 3. The molecule has 7 fully saturated rings. The largest absolute Gasteiger partial charge is 0.392 e. The fourth-order valence-electron chi connectivity index (χ4n) is 11.1. The Morgan fingerprint density at radius 2 is 1.51 bits per heavy atom. The Morgan fingerprint density at radius 1 is 0.868 bits per heavy atom. The first-order valence-corrected chi connectivity index (χ1v) is 19.8. The molecule has 4 unspecified atom stereocenters. The molecule has 10 nitrogen and oxygen atoms in total. The molecule has 4 bridgehead atoms. The SMILES string of the molecule is CC1C(CN2CCC3(CC2)C(=O)NCN3c2ccccc2)OC(c2ccc(NC(=O)NC34CC5CC(CC(C5)C3)C4)cc2)OC1c1ccc(CO)cc1. The van der Waals surface area contributed by atoms with Crippen LogP contribution in [-0.4, -0.2) is 65.4 Å². The summed E-state index contributed by atoms with van der Waals surface area (Å²) < 4.78 is 13.5. The highest BCUT2D eigenvalue weighted by Crippen LogP contribution is 2.55. The number of urea groups is 1. The summed E-state index contributed by atoms with van der Waals surface area (Å²) in [6, 6.07) is 26.0. The minimum absolute atomic E-state index is 0.00710. The van der Waals surface area contributed by atoms with Gasteiger partial charge in [0, 0.05) is 48.0 Å². The Labute approximate surface area is 312 Å². The van der Waals surface area contributed by atoms with Crippen LogP contribution in [0.4, 0.5) is 16.2 Å². The van der Waals surface area contributed by atoms with Crippen LogP contribution in [0, 0.1) is 23.7 Å². The Hall–Kier alpha value is -3.96. The molecule has 280 valence electrons. The molecule has 10 heteroatoms. The van der Waals surface area contributed by atoms with Crippen molar-refractivity contribution < 1.29 is 24.2 Å². The van der Waals surface area contributed by atoms with Crippen LogP contribution < -0.4 is 20.9 Å². The maximum absolute atomic E-state index is 13.3. The first-order chi connectivity index (χ1) is 25.8. The van der Waals surface area contributed by atoms with Crippen LogP contribution in [0.2, 0.25) is 0 Å². The predicted octanol–water partition coefficient (Wildman–Crippen LogP) is 6.49. The molecule has 4 aliphatic carbocycles. The van der Waals surface area contributed by atoms with E-state index in [0.717, 1.165) is 97.6 Å². The van der Waals surface area contributed by atoms with Gasteiger partial charge in [-0.25, -0.2) is 4.79 Å². The fraction of sp³-hybridized carbons (Fsp3) is 0.535. The number of nitrogens with one attached hydrogen (secondary N) is 3. The van der Waals surface area contributed by atoms with E-state index >= 15 is 0 Å². The summed E-state index contributed by atoms with van der Waals surface area (Å²) in [4.78, 5) is 31.3. The van der Waals surface area contributed by atoms with Crippen molar-refractivity contribution in [1.82, 2.24) is 15.5 Å². The van der Waals surface area contributed by atoms with Gasteiger partial charge in [-0.3, -0.25) is 4.79 Å². The van der Waals surface area contributed by atoms with Gasteiger partial charge in [-0.05, 0) is 105 Å². The number of anilines is 2. The van der Waals surface area contributed by atoms with Gasteiger partial charge < -0.3 is 40.3 Å². The van der Waals surface area contributed by atoms with Crippen LogP contribution in [0.3, 0.4) is 0 Å². The maximum Gasteiger partial charge on any atom is 0.319 e. The molecule has 3 aliphatic heterocycles. The van der Waals surface area contributed by atoms with Crippen LogP contribution in [-0.2, 0) is 20.9 Å². The Kier molecular flexibility index (Phi) is 9.21. The standard InChI is InChI=1S/C43H53N5O5/c1-28-37(25-47-17-15-43(16-18-47)40(50)44-27-48(43)36-5-3-2-4-6-36)52-39(53-38(28)33-9-7-29(26-49)8-10-33)34-11-13-35(14-12-34)45-41(51)46-42-22-30-19-31(23-42)21-32(20-30)24-42/h2-14,28,30-32,37-39,49H,15-27H2,1H3,(H,44,50)(H2,45,46,51). The lowest BCUT2D eigenvalue weighted by Crippen LogP contribution is -2.60. The third-order valence-electron chi connectivity index (χ3n) is 13.5. The molecule has 3 amide bonds. The van der Waals surface area contributed by atoms with E-state index in [-0.39, 0.29) is 42.2 Å². The zero-order valence-corrected chi connectivity index (χ0v) is 30.7. The van der Waals surface area contributed by atoms with Gasteiger partial charge in [0.05, 0.1) is 25.5 Å². The van der Waals surface area contributed by atoms with E-state index in [9.17, 15) is 14.7 Å². The zero-order chi connectivity index (χ0) is 36.2. The lowest BCUT2D eigenvalue weighted by Gasteiger charge is -2.56. The summed E-state index contributed by atoms with van der Waals surface area (Å²) in [6.45, 7) is 5.01. The fourth-order valence-corrected chi connectivity index (χ4v) is 11.1. The number of rotatable bonds is 8. The quantitative estimate of drug-likeness (QED) is 0.211. The summed E-state index contributed by atoms with van der Waals surface area (Å²) in [6.07, 6.45) is 7.91. The van der Waals surface area contributed by atoms with Gasteiger partial charge in [0.15, 0.2) is 6.29 Å². The van der Waals surface area contributed by atoms with Crippen LogP contribution in [0.25, 0.3) is 0 Å². The highest BCUT2D eigenvalue weighted by molar-refractivity contribution is 5.93. The van der Waals surface area contributed by atoms with E-state index < -0.39 is 11.8 Å². The molecule has 3 heterocycles. The van der Waals surface area contributed by atoms with Crippen molar-refractivity contribution in [3.8, 4) is 0 Å². The average Bonchev–Trinajstić information content (AvgIpc) is 3.47. The number of aliphatic hydroxyl groups is 1. The summed E-state index contributed by atoms with van der Waals surface area (Å²) in [5.41, 5.74) is 4.04. The van der Waals surface area contributed by atoms with Gasteiger partial charge in [-0.2, -0.15) is 0 Å². The van der Waals surface area contributed by atoms with E-state index in [1.54, 1.807) is 0 Å². The molecule has 10 rings (SSSR count). The van der Waals surface area contributed by atoms with E-state index in [1.807, 2.05) is 66.7 Å². The van der Waals surface area contributed by atoms with Crippen molar-refractivity contribution in [2.24, 2.45) is 23.7 Å². The molecule has 4 N–H and O–H groups in total. The van der Waals surface area contributed by atoms with Crippen molar-refractivity contribution in [3.05, 3.63) is 95.6 Å². The molecule has 4 saturated carbocycles.